The Kier molecular flexibility index (Phi) is 9.78. The molecule has 2 rings (SSSR count). The van der Waals surface area contributed by atoms with Crippen LogP contribution in [0.3, 0.4) is 0 Å². The molecule has 0 aromatic heterocycles. The SMILES string of the molecule is CCNCCCNCc1ccc(OCc2ccc(Cl)cc2Cl)c(OCC)c1. The molecule has 2 aromatic carbocycles. The predicted molar refractivity (Wildman–Crippen MR) is 113 cm³/mol. The van der Waals surface area contributed by atoms with Crippen molar-refractivity contribution in [1.82, 2.24) is 10.6 Å². The van der Waals surface area contributed by atoms with Gasteiger partial charge in [0.05, 0.1) is 6.61 Å². The third-order valence-electron chi connectivity index (χ3n) is 3.99. The molecule has 0 aliphatic heterocycles. The van der Waals surface area contributed by atoms with Crippen molar-refractivity contribution in [2.45, 2.75) is 33.4 Å². The van der Waals surface area contributed by atoms with Crippen LogP contribution < -0.4 is 20.1 Å². The molecule has 0 aliphatic carbocycles. The monoisotopic (exact) mass is 410 g/mol. The van der Waals surface area contributed by atoms with Crippen LogP contribution in [0.1, 0.15) is 31.4 Å². The van der Waals surface area contributed by atoms with Crippen molar-refractivity contribution < 1.29 is 9.47 Å². The number of hydrogen-bond donors (Lipinski definition) is 2. The number of ether oxygens (including phenoxy) is 2. The molecule has 6 heteroatoms. The van der Waals surface area contributed by atoms with Gasteiger partial charge in [-0.25, -0.2) is 0 Å². The first-order valence-electron chi connectivity index (χ1n) is 9.38. The maximum absolute atomic E-state index is 6.22. The second-order valence-electron chi connectivity index (χ2n) is 6.12. The third kappa shape index (κ3) is 7.59. The molecule has 0 saturated heterocycles. The largest absolute Gasteiger partial charge is 0.490 e. The van der Waals surface area contributed by atoms with Crippen molar-refractivity contribution in [3.8, 4) is 11.5 Å². The van der Waals surface area contributed by atoms with E-state index >= 15 is 0 Å². The molecule has 2 N–H and O–H groups in total. The van der Waals surface area contributed by atoms with E-state index in [4.69, 9.17) is 32.7 Å². The van der Waals surface area contributed by atoms with Crippen molar-refractivity contribution in [2.24, 2.45) is 0 Å². The molecule has 2 aromatic rings. The molecule has 0 heterocycles. The Morgan fingerprint density at radius 2 is 1.70 bits per heavy atom. The highest BCUT2D eigenvalue weighted by atomic mass is 35.5. The highest BCUT2D eigenvalue weighted by Gasteiger charge is 2.09. The lowest BCUT2D eigenvalue weighted by Crippen LogP contribution is -2.21. The smallest absolute Gasteiger partial charge is 0.161 e. The minimum atomic E-state index is 0.359. The van der Waals surface area contributed by atoms with Gasteiger partial charge in [0.15, 0.2) is 11.5 Å². The molecule has 0 bridgehead atoms. The van der Waals surface area contributed by atoms with Crippen LogP contribution in [0.15, 0.2) is 36.4 Å². The van der Waals surface area contributed by atoms with Crippen LogP contribution in [-0.4, -0.2) is 26.2 Å². The summed E-state index contributed by atoms with van der Waals surface area (Å²) in [5.74, 6) is 1.45. The van der Waals surface area contributed by atoms with E-state index in [0.29, 0.717) is 29.0 Å². The minimum absolute atomic E-state index is 0.359. The third-order valence-corrected chi connectivity index (χ3v) is 4.58. The molecule has 0 unspecified atom stereocenters. The van der Waals surface area contributed by atoms with E-state index in [9.17, 15) is 0 Å². The summed E-state index contributed by atoms with van der Waals surface area (Å²) in [6.45, 7) is 8.85. The van der Waals surface area contributed by atoms with Crippen molar-refractivity contribution >= 4 is 23.2 Å². The molecule has 4 nitrogen and oxygen atoms in total. The van der Waals surface area contributed by atoms with Crippen LogP contribution in [0.25, 0.3) is 0 Å². The van der Waals surface area contributed by atoms with E-state index in [-0.39, 0.29) is 0 Å². The quantitative estimate of drug-likeness (QED) is 0.479. The van der Waals surface area contributed by atoms with Crippen molar-refractivity contribution in [1.29, 1.82) is 0 Å². The number of halogens is 2. The van der Waals surface area contributed by atoms with E-state index in [1.807, 2.05) is 25.1 Å². The average molecular weight is 411 g/mol. The Bertz CT molecular complexity index is 711. The predicted octanol–water partition coefficient (Wildman–Crippen LogP) is 5.06. The van der Waals surface area contributed by atoms with Gasteiger partial charge < -0.3 is 20.1 Å². The van der Waals surface area contributed by atoms with Crippen LogP contribution in [0.2, 0.25) is 10.0 Å². The summed E-state index contributed by atoms with van der Waals surface area (Å²) in [5.41, 5.74) is 2.05. The Morgan fingerprint density at radius 3 is 2.44 bits per heavy atom. The second-order valence-corrected chi connectivity index (χ2v) is 6.97. The number of hydrogen-bond acceptors (Lipinski definition) is 4. The summed E-state index contributed by atoms with van der Waals surface area (Å²) in [7, 11) is 0. The Hall–Kier alpha value is -1.46. The van der Waals surface area contributed by atoms with Gasteiger partial charge in [-0.05, 0) is 62.8 Å². The van der Waals surface area contributed by atoms with Gasteiger partial charge in [0.25, 0.3) is 0 Å². The van der Waals surface area contributed by atoms with Crippen LogP contribution in [-0.2, 0) is 13.2 Å². The molecule has 148 valence electrons. The van der Waals surface area contributed by atoms with E-state index in [0.717, 1.165) is 43.9 Å². The summed E-state index contributed by atoms with van der Waals surface area (Å²) in [6.07, 6.45) is 1.11. The molecule has 0 aliphatic rings. The number of nitrogens with one attached hydrogen (secondary N) is 2. The van der Waals surface area contributed by atoms with Crippen LogP contribution in [0, 0.1) is 0 Å². The van der Waals surface area contributed by atoms with Gasteiger partial charge in [-0.15, -0.1) is 0 Å². The topological polar surface area (TPSA) is 42.5 Å². The fraction of sp³-hybridized carbons (Fsp3) is 0.429. The lowest BCUT2D eigenvalue weighted by Gasteiger charge is -2.14. The molecule has 0 amide bonds. The molecule has 0 radical (unpaired) electrons. The normalized spacial score (nSPS) is 10.8. The van der Waals surface area contributed by atoms with Crippen molar-refractivity contribution in [2.75, 3.05) is 26.2 Å². The summed E-state index contributed by atoms with van der Waals surface area (Å²) in [4.78, 5) is 0. The van der Waals surface area contributed by atoms with Crippen molar-refractivity contribution in [3.63, 3.8) is 0 Å². The molecule has 0 saturated carbocycles. The molecular weight excluding hydrogens is 383 g/mol. The number of benzene rings is 2. The zero-order valence-corrected chi connectivity index (χ0v) is 17.5. The van der Waals surface area contributed by atoms with Gasteiger partial charge in [0, 0.05) is 22.2 Å². The van der Waals surface area contributed by atoms with Crippen LogP contribution >= 0.6 is 23.2 Å². The maximum Gasteiger partial charge on any atom is 0.161 e. The van der Waals surface area contributed by atoms with Crippen molar-refractivity contribution in [3.05, 3.63) is 57.6 Å². The van der Waals surface area contributed by atoms with Gasteiger partial charge in [0.2, 0.25) is 0 Å². The van der Waals surface area contributed by atoms with E-state index in [2.05, 4.69) is 23.6 Å². The van der Waals surface area contributed by atoms with Gasteiger partial charge in [-0.3, -0.25) is 0 Å². The molecule has 0 fully saturated rings. The lowest BCUT2D eigenvalue weighted by molar-refractivity contribution is 0.269. The highest BCUT2D eigenvalue weighted by Crippen LogP contribution is 2.30. The minimum Gasteiger partial charge on any atom is -0.490 e. The van der Waals surface area contributed by atoms with Gasteiger partial charge in [-0.2, -0.15) is 0 Å². The molecule has 0 spiro atoms. The Morgan fingerprint density at radius 1 is 0.889 bits per heavy atom. The molecular formula is C21H28Cl2N2O2. The van der Waals surface area contributed by atoms with E-state index < -0.39 is 0 Å². The lowest BCUT2D eigenvalue weighted by atomic mass is 10.2. The average Bonchev–Trinajstić information content (AvgIpc) is 2.65. The van der Waals surface area contributed by atoms with Gasteiger partial charge in [0.1, 0.15) is 6.61 Å². The van der Waals surface area contributed by atoms with E-state index in [1.165, 1.54) is 5.56 Å². The fourth-order valence-corrected chi connectivity index (χ4v) is 3.06. The second kappa shape index (κ2) is 12.1. The van der Waals surface area contributed by atoms with Gasteiger partial charge in [-0.1, -0.05) is 42.3 Å². The summed E-state index contributed by atoms with van der Waals surface area (Å²) in [5, 5.41) is 7.98. The Labute approximate surface area is 172 Å². The zero-order valence-electron chi connectivity index (χ0n) is 16.0. The first kappa shape index (κ1) is 21.8. The summed E-state index contributed by atoms with van der Waals surface area (Å²) in [6, 6.07) is 11.4. The first-order chi connectivity index (χ1) is 13.1. The van der Waals surface area contributed by atoms with Gasteiger partial charge >= 0.3 is 0 Å². The highest BCUT2D eigenvalue weighted by molar-refractivity contribution is 6.35. The van der Waals surface area contributed by atoms with E-state index in [1.54, 1.807) is 12.1 Å². The molecule has 27 heavy (non-hydrogen) atoms. The first-order valence-corrected chi connectivity index (χ1v) is 10.1. The summed E-state index contributed by atoms with van der Waals surface area (Å²) >= 11 is 12.2. The Balaban J connectivity index is 1.93. The molecule has 0 atom stereocenters. The van der Waals surface area contributed by atoms with Crippen LogP contribution in [0.4, 0.5) is 0 Å². The standard InChI is InChI=1S/C21H28Cl2N2O2/c1-3-24-10-5-11-25-14-16-6-9-20(21(12-16)26-4-2)27-15-17-7-8-18(22)13-19(17)23/h6-9,12-13,24-25H,3-5,10-11,14-15H2,1-2H3. The fourth-order valence-electron chi connectivity index (χ4n) is 2.59. The zero-order chi connectivity index (χ0) is 19.5. The maximum atomic E-state index is 6.22. The van der Waals surface area contributed by atoms with Crippen LogP contribution in [0.5, 0.6) is 11.5 Å². The number of rotatable bonds is 12. The summed E-state index contributed by atoms with van der Waals surface area (Å²) < 4.78 is 11.7.